The highest BCUT2D eigenvalue weighted by Crippen LogP contribution is 1.85. The average molecular weight is 184 g/mol. The Bertz CT molecular complexity index is 232. The van der Waals surface area contributed by atoms with Crippen LogP contribution in [-0.4, -0.2) is 31.1 Å². The van der Waals surface area contributed by atoms with Crippen LogP contribution in [0.2, 0.25) is 0 Å². The Labute approximate surface area is 76.6 Å². The van der Waals surface area contributed by atoms with Crippen molar-refractivity contribution in [2.45, 2.75) is 13.0 Å². The zero-order valence-corrected chi connectivity index (χ0v) is 7.37. The van der Waals surface area contributed by atoms with Crippen LogP contribution in [-0.2, 0) is 14.3 Å². The third-order valence-corrected chi connectivity index (χ3v) is 1.19. The highest BCUT2D eigenvalue weighted by molar-refractivity contribution is 5.85. The third-order valence-electron chi connectivity index (χ3n) is 1.19. The maximum absolute atomic E-state index is 10.7. The first-order chi connectivity index (χ1) is 6.07. The zero-order chi connectivity index (χ0) is 10.3. The van der Waals surface area contributed by atoms with E-state index in [1.54, 1.807) is 0 Å². The Kier molecular flexibility index (Phi) is 5.32. The Morgan fingerprint density at radius 1 is 1.69 bits per heavy atom. The number of carbonyl (C=O) groups excluding carboxylic acids is 2. The molecular weight excluding hydrogens is 172 g/mol. The van der Waals surface area contributed by atoms with Gasteiger partial charge in [-0.1, -0.05) is 5.92 Å². The molecule has 13 heavy (non-hydrogen) atoms. The van der Waals surface area contributed by atoms with Gasteiger partial charge in [0.2, 0.25) is 11.8 Å². The highest BCUT2D eigenvalue weighted by atomic mass is 16.5. The summed E-state index contributed by atoms with van der Waals surface area (Å²) in [4.78, 5) is 21.3. The van der Waals surface area contributed by atoms with E-state index in [1.807, 2.05) is 0 Å². The molecule has 3 N–H and O–H groups in total. The summed E-state index contributed by atoms with van der Waals surface area (Å²) in [5.74, 6) is 1.24. The first-order valence-corrected chi connectivity index (χ1v) is 3.65. The quantitative estimate of drug-likeness (QED) is 0.408. The number of hydrogen-bond acceptors (Lipinski definition) is 3. The molecule has 0 saturated heterocycles. The predicted molar refractivity (Wildman–Crippen MR) is 46.5 cm³/mol. The van der Waals surface area contributed by atoms with Crippen molar-refractivity contribution in [2.24, 2.45) is 5.73 Å². The van der Waals surface area contributed by atoms with Gasteiger partial charge < -0.3 is 15.8 Å². The molecule has 0 rings (SSSR count). The first-order valence-electron chi connectivity index (χ1n) is 3.65. The van der Waals surface area contributed by atoms with Gasteiger partial charge in [-0.05, 0) is 0 Å². The third kappa shape index (κ3) is 5.70. The minimum atomic E-state index is -0.814. The van der Waals surface area contributed by atoms with E-state index in [4.69, 9.17) is 16.9 Å². The molecule has 1 unspecified atom stereocenters. The minimum absolute atomic E-state index is 0.000880. The van der Waals surface area contributed by atoms with E-state index < -0.39 is 11.9 Å². The summed E-state index contributed by atoms with van der Waals surface area (Å²) in [5, 5.41) is 2.33. The van der Waals surface area contributed by atoms with Crippen LogP contribution in [0.25, 0.3) is 0 Å². The largest absolute Gasteiger partial charge is 0.368 e. The van der Waals surface area contributed by atoms with Crippen molar-refractivity contribution in [3.63, 3.8) is 0 Å². The van der Waals surface area contributed by atoms with Crippen molar-refractivity contribution in [1.29, 1.82) is 0 Å². The summed E-state index contributed by atoms with van der Waals surface area (Å²) < 4.78 is 4.86. The van der Waals surface area contributed by atoms with E-state index in [9.17, 15) is 9.59 Å². The van der Waals surface area contributed by atoms with Gasteiger partial charge >= 0.3 is 0 Å². The van der Waals surface area contributed by atoms with Crippen molar-refractivity contribution >= 4 is 11.8 Å². The molecule has 0 aromatic heterocycles. The molecule has 0 aromatic rings. The molecule has 0 aliphatic rings. The van der Waals surface area contributed by atoms with Gasteiger partial charge in [0.05, 0.1) is 6.61 Å². The molecule has 0 bridgehead atoms. The molecular formula is C8H12N2O3. The van der Waals surface area contributed by atoms with Gasteiger partial charge in [0.25, 0.3) is 0 Å². The van der Waals surface area contributed by atoms with E-state index in [2.05, 4.69) is 11.2 Å². The molecule has 0 aromatic carbocycles. The Morgan fingerprint density at radius 2 is 2.31 bits per heavy atom. The summed E-state index contributed by atoms with van der Waals surface area (Å²) in [5.41, 5.74) is 4.98. The van der Waals surface area contributed by atoms with Crippen LogP contribution in [0.3, 0.4) is 0 Å². The van der Waals surface area contributed by atoms with Crippen molar-refractivity contribution in [2.75, 3.05) is 13.2 Å². The standard InChI is InChI=1S/C8H12N2O3/c1-3-4-13-5-7(8(9)12)10-6(2)11/h1,7H,4-5H2,2H3,(H2,9,12)(H,10,11). The highest BCUT2D eigenvalue weighted by Gasteiger charge is 2.15. The van der Waals surface area contributed by atoms with Gasteiger partial charge in [0.15, 0.2) is 0 Å². The lowest BCUT2D eigenvalue weighted by Gasteiger charge is -2.12. The summed E-state index contributed by atoms with van der Waals surface area (Å²) >= 11 is 0. The SMILES string of the molecule is C#CCOCC(NC(C)=O)C(N)=O. The van der Waals surface area contributed by atoms with Gasteiger partial charge in [-0.25, -0.2) is 0 Å². The summed E-state index contributed by atoms with van der Waals surface area (Å²) in [7, 11) is 0. The van der Waals surface area contributed by atoms with Gasteiger partial charge in [-0.3, -0.25) is 9.59 Å². The van der Waals surface area contributed by atoms with Gasteiger partial charge in [0.1, 0.15) is 12.6 Å². The van der Waals surface area contributed by atoms with Crippen molar-refractivity contribution in [1.82, 2.24) is 5.32 Å². The molecule has 2 amide bonds. The van der Waals surface area contributed by atoms with Crippen LogP contribution in [0.1, 0.15) is 6.92 Å². The number of ether oxygens (including phenoxy) is 1. The van der Waals surface area contributed by atoms with Crippen LogP contribution in [0.15, 0.2) is 0 Å². The van der Waals surface area contributed by atoms with Gasteiger partial charge in [-0.15, -0.1) is 6.42 Å². The van der Waals surface area contributed by atoms with Crippen molar-refractivity contribution in [3.8, 4) is 12.3 Å². The maximum Gasteiger partial charge on any atom is 0.242 e. The van der Waals surface area contributed by atoms with E-state index in [1.165, 1.54) is 6.92 Å². The monoisotopic (exact) mass is 184 g/mol. The summed E-state index contributed by atoms with van der Waals surface area (Å²) in [6, 6.07) is -0.814. The molecule has 72 valence electrons. The fourth-order valence-corrected chi connectivity index (χ4v) is 0.676. The molecule has 0 heterocycles. The second-order valence-electron chi connectivity index (χ2n) is 2.37. The Hall–Kier alpha value is -1.54. The van der Waals surface area contributed by atoms with Gasteiger partial charge in [-0.2, -0.15) is 0 Å². The minimum Gasteiger partial charge on any atom is -0.368 e. The smallest absolute Gasteiger partial charge is 0.242 e. The van der Waals surface area contributed by atoms with Crippen LogP contribution in [0.5, 0.6) is 0 Å². The number of amides is 2. The lowest BCUT2D eigenvalue weighted by Crippen LogP contribution is -2.46. The van der Waals surface area contributed by atoms with Crippen molar-refractivity contribution < 1.29 is 14.3 Å². The number of primary amides is 1. The number of carbonyl (C=O) groups is 2. The van der Waals surface area contributed by atoms with Crippen LogP contribution < -0.4 is 11.1 Å². The Morgan fingerprint density at radius 3 is 2.69 bits per heavy atom. The average Bonchev–Trinajstić information content (AvgIpc) is 2.02. The van der Waals surface area contributed by atoms with E-state index in [0.717, 1.165) is 0 Å². The molecule has 0 spiro atoms. The number of nitrogens with one attached hydrogen (secondary N) is 1. The lowest BCUT2D eigenvalue weighted by molar-refractivity contribution is -0.127. The molecule has 0 aliphatic carbocycles. The van der Waals surface area contributed by atoms with E-state index >= 15 is 0 Å². The number of nitrogens with two attached hydrogens (primary N) is 1. The van der Waals surface area contributed by atoms with Crippen LogP contribution >= 0.6 is 0 Å². The van der Waals surface area contributed by atoms with Gasteiger partial charge in [0, 0.05) is 6.92 Å². The van der Waals surface area contributed by atoms with Crippen LogP contribution in [0.4, 0.5) is 0 Å². The number of rotatable bonds is 5. The lowest BCUT2D eigenvalue weighted by atomic mass is 10.3. The molecule has 5 nitrogen and oxygen atoms in total. The second-order valence-corrected chi connectivity index (χ2v) is 2.37. The molecule has 1 atom stereocenters. The molecule has 5 heteroatoms. The van der Waals surface area contributed by atoms with E-state index in [-0.39, 0.29) is 19.1 Å². The molecule has 0 aliphatic heterocycles. The molecule has 0 fully saturated rings. The van der Waals surface area contributed by atoms with Crippen molar-refractivity contribution in [3.05, 3.63) is 0 Å². The molecule has 0 radical (unpaired) electrons. The second kappa shape index (κ2) is 6.03. The topological polar surface area (TPSA) is 81.4 Å². The molecule has 0 saturated carbocycles. The number of hydrogen-bond donors (Lipinski definition) is 2. The summed E-state index contributed by atoms with van der Waals surface area (Å²) in [6.45, 7) is 1.37. The maximum atomic E-state index is 10.7. The van der Waals surface area contributed by atoms with Crippen LogP contribution in [0, 0.1) is 12.3 Å². The normalized spacial score (nSPS) is 11.4. The zero-order valence-electron chi connectivity index (χ0n) is 7.37. The Balaban J connectivity index is 3.89. The first kappa shape index (κ1) is 11.5. The fourth-order valence-electron chi connectivity index (χ4n) is 0.676. The summed E-state index contributed by atoms with van der Waals surface area (Å²) in [6.07, 6.45) is 4.91. The van der Waals surface area contributed by atoms with E-state index in [0.29, 0.717) is 0 Å². The fraction of sp³-hybridized carbons (Fsp3) is 0.500. The number of terminal acetylenes is 1. The predicted octanol–water partition coefficient (Wildman–Crippen LogP) is -1.37.